The first-order valence-electron chi connectivity index (χ1n) is 12.5. The molecular weight excluding hydrogens is 414 g/mol. The number of para-hydroxylation sites is 1. The molecule has 33 heavy (non-hydrogen) atoms. The largest absolute Gasteiger partial charge is 0.487 e. The Morgan fingerprint density at radius 1 is 0.970 bits per heavy atom. The van der Waals surface area contributed by atoms with Gasteiger partial charge in [0, 0.05) is 25.8 Å². The SMILES string of the molecule is CCN1CCCCCCN(C(=O)c2ccccn2)[C@@H]2CCCC[C@@H]2Oc2ccccc2C1=O. The van der Waals surface area contributed by atoms with Gasteiger partial charge in [0.1, 0.15) is 17.5 Å². The van der Waals surface area contributed by atoms with E-state index in [4.69, 9.17) is 4.74 Å². The average Bonchev–Trinajstić information content (AvgIpc) is 2.86. The van der Waals surface area contributed by atoms with Gasteiger partial charge in [-0.3, -0.25) is 14.6 Å². The number of pyridine rings is 1. The first-order valence-corrected chi connectivity index (χ1v) is 12.5. The highest BCUT2D eigenvalue weighted by molar-refractivity contribution is 5.97. The third-order valence-corrected chi connectivity index (χ3v) is 6.85. The number of aromatic nitrogens is 1. The Morgan fingerprint density at radius 3 is 2.52 bits per heavy atom. The molecule has 0 radical (unpaired) electrons. The van der Waals surface area contributed by atoms with Gasteiger partial charge >= 0.3 is 0 Å². The van der Waals surface area contributed by atoms with Crippen LogP contribution in [0.15, 0.2) is 48.7 Å². The number of hydrogen-bond donors (Lipinski definition) is 0. The topological polar surface area (TPSA) is 62.7 Å². The van der Waals surface area contributed by atoms with E-state index in [-0.39, 0.29) is 24.0 Å². The summed E-state index contributed by atoms with van der Waals surface area (Å²) in [5.74, 6) is 0.629. The Morgan fingerprint density at radius 2 is 1.73 bits per heavy atom. The highest BCUT2D eigenvalue weighted by atomic mass is 16.5. The zero-order valence-electron chi connectivity index (χ0n) is 19.6. The van der Waals surface area contributed by atoms with E-state index in [0.29, 0.717) is 30.1 Å². The number of ether oxygens (including phenoxy) is 1. The molecule has 2 amide bonds. The molecule has 0 N–H and O–H groups in total. The number of hydrogen-bond acceptors (Lipinski definition) is 4. The zero-order chi connectivity index (χ0) is 23.0. The number of carbonyl (C=O) groups excluding carboxylic acids is 2. The van der Waals surface area contributed by atoms with E-state index in [1.165, 1.54) is 0 Å². The van der Waals surface area contributed by atoms with Crippen molar-refractivity contribution in [2.45, 2.75) is 70.4 Å². The van der Waals surface area contributed by atoms with E-state index in [0.717, 1.165) is 57.9 Å². The molecule has 0 unspecified atom stereocenters. The number of benzene rings is 1. The Hall–Kier alpha value is -2.89. The van der Waals surface area contributed by atoms with Gasteiger partial charge < -0.3 is 14.5 Å². The van der Waals surface area contributed by atoms with Gasteiger partial charge in [-0.05, 0) is 63.3 Å². The molecule has 1 aliphatic carbocycles. The van der Waals surface area contributed by atoms with Crippen molar-refractivity contribution in [2.24, 2.45) is 0 Å². The molecule has 6 nitrogen and oxygen atoms in total. The molecule has 2 aliphatic rings. The molecule has 1 saturated carbocycles. The van der Waals surface area contributed by atoms with E-state index in [1.807, 2.05) is 53.1 Å². The number of rotatable bonds is 2. The fraction of sp³-hybridized carbons (Fsp3) is 0.519. The summed E-state index contributed by atoms with van der Waals surface area (Å²) in [4.78, 5) is 35.1. The summed E-state index contributed by atoms with van der Waals surface area (Å²) in [5, 5.41) is 0. The van der Waals surface area contributed by atoms with Crippen molar-refractivity contribution in [1.29, 1.82) is 0 Å². The fourth-order valence-electron chi connectivity index (χ4n) is 5.05. The van der Waals surface area contributed by atoms with E-state index in [9.17, 15) is 9.59 Å². The van der Waals surface area contributed by atoms with Crippen molar-refractivity contribution in [1.82, 2.24) is 14.8 Å². The second kappa shape index (κ2) is 11.3. The Labute approximate surface area is 196 Å². The summed E-state index contributed by atoms with van der Waals surface area (Å²) in [6.45, 7) is 4.17. The molecule has 1 aromatic carbocycles. The number of fused-ring (bicyclic) bond motifs is 2. The van der Waals surface area contributed by atoms with Crippen LogP contribution in [-0.4, -0.2) is 58.4 Å². The van der Waals surface area contributed by atoms with Gasteiger partial charge in [0.15, 0.2) is 0 Å². The molecule has 2 heterocycles. The molecule has 1 fully saturated rings. The predicted molar refractivity (Wildman–Crippen MR) is 128 cm³/mol. The van der Waals surface area contributed by atoms with Crippen molar-refractivity contribution in [2.75, 3.05) is 19.6 Å². The predicted octanol–water partition coefficient (Wildman–Crippen LogP) is 4.95. The maximum Gasteiger partial charge on any atom is 0.272 e. The molecule has 0 saturated heterocycles. The number of nitrogens with zero attached hydrogens (tertiary/aromatic N) is 3. The van der Waals surface area contributed by atoms with Crippen LogP contribution in [0.3, 0.4) is 0 Å². The smallest absolute Gasteiger partial charge is 0.272 e. The minimum atomic E-state index is -0.140. The molecule has 6 heteroatoms. The number of amides is 2. The summed E-state index contributed by atoms with van der Waals surface area (Å²) in [6.07, 6.45) is 9.42. The second-order valence-electron chi connectivity index (χ2n) is 9.02. The summed E-state index contributed by atoms with van der Waals surface area (Å²) in [7, 11) is 0. The summed E-state index contributed by atoms with van der Waals surface area (Å²) in [5.41, 5.74) is 1.10. The van der Waals surface area contributed by atoms with Crippen molar-refractivity contribution in [3.8, 4) is 5.75 Å². The minimum absolute atomic E-state index is 0.0234. The van der Waals surface area contributed by atoms with Crippen LogP contribution in [-0.2, 0) is 0 Å². The molecule has 1 aromatic heterocycles. The molecule has 176 valence electrons. The van der Waals surface area contributed by atoms with Crippen molar-refractivity contribution < 1.29 is 14.3 Å². The molecular formula is C27H35N3O3. The molecule has 0 bridgehead atoms. The Balaban J connectivity index is 1.67. The van der Waals surface area contributed by atoms with Crippen LogP contribution >= 0.6 is 0 Å². The van der Waals surface area contributed by atoms with Gasteiger partial charge in [0.05, 0.1) is 11.6 Å². The lowest BCUT2D eigenvalue weighted by Gasteiger charge is -2.40. The molecule has 2 atom stereocenters. The van der Waals surface area contributed by atoms with Crippen molar-refractivity contribution in [3.05, 3.63) is 59.9 Å². The van der Waals surface area contributed by atoms with Crippen LogP contribution in [0.25, 0.3) is 0 Å². The highest BCUT2D eigenvalue weighted by Gasteiger charge is 2.36. The lowest BCUT2D eigenvalue weighted by Crippen LogP contribution is -2.51. The van der Waals surface area contributed by atoms with Crippen LogP contribution in [0.1, 0.15) is 79.1 Å². The van der Waals surface area contributed by atoms with Crippen LogP contribution < -0.4 is 4.74 Å². The lowest BCUT2D eigenvalue weighted by atomic mass is 9.90. The van der Waals surface area contributed by atoms with Gasteiger partial charge in [-0.2, -0.15) is 0 Å². The van der Waals surface area contributed by atoms with Gasteiger partial charge in [-0.1, -0.05) is 37.5 Å². The lowest BCUT2D eigenvalue weighted by molar-refractivity contribution is 0.0263. The maximum atomic E-state index is 13.5. The molecule has 1 aliphatic heterocycles. The Kier molecular flexibility index (Phi) is 7.97. The standard InChI is InChI=1S/C27H35N3O3/c1-2-29-19-11-3-4-12-20-30(27(32)22-14-9-10-18-28-22)23-15-6-8-17-25(23)33-24-16-7-5-13-21(24)26(29)31/h5,7,9-10,13-14,16,18,23,25H,2-4,6,8,11-12,15,17,19-20H2,1H3/t23-,25+/m1/s1. The van der Waals surface area contributed by atoms with E-state index in [2.05, 4.69) is 4.98 Å². The quantitative estimate of drug-likeness (QED) is 0.651. The first kappa shape index (κ1) is 23.3. The molecule has 4 rings (SSSR count). The van der Waals surface area contributed by atoms with Gasteiger partial charge in [-0.25, -0.2) is 0 Å². The van der Waals surface area contributed by atoms with E-state index >= 15 is 0 Å². The fourth-order valence-corrected chi connectivity index (χ4v) is 5.05. The zero-order valence-corrected chi connectivity index (χ0v) is 19.6. The summed E-state index contributed by atoms with van der Waals surface area (Å²) >= 11 is 0. The summed E-state index contributed by atoms with van der Waals surface area (Å²) in [6, 6.07) is 13.0. The van der Waals surface area contributed by atoms with Gasteiger partial charge in [-0.15, -0.1) is 0 Å². The first-order chi connectivity index (χ1) is 16.2. The van der Waals surface area contributed by atoms with E-state index < -0.39 is 0 Å². The second-order valence-corrected chi connectivity index (χ2v) is 9.02. The van der Waals surface area contributed by atoms with Crippen LogP contribution in [0, 0.1) is 0 Å². The van der Waals surface area contributed by atoms with Crippen LogP contribution in [0.5, 0.6) is 5.75 Å². The molecule has 0 spiro atoms. The normalized spacial score (nSPS) is 22.5. The minimum Gasteiger partial charge on any atom is -0.487 e. The monoisotopic (exact) mass is 449 g/mol. The van der Waals surface area contributed by atoms with Crippen LogP contribution in [0.2, 0.25) is 0 Å². The summed E-state index contributed by atoms with van der Waals surface area (Å²) < 4.78 is 6.56. The highest BCUT2D eigenvalue weighted by Crippen LogP contribution is 2.31. The van der Waals surface area contributed by atoms with Gasteiger partial charge in [0.2, 0.25) is 0 Å². The van der Waals surface area contributed by atoms with Gasteiger partial charge in [0.25, 0.3) is 11.8 Å². The third-order valence-electron chi connectivity index (χ3n) is 6.85. The van der Waals surface area contributed by atoms with Crippen LogP contribution in [0.4, 0.5) is 0 Å². The van der Waals surface area contributed by atoms with Crippen molar-refractivity contribution in [3.63, 3.8) is 0 Å². The molecule has 2 aromatic rings. The number of carbonyl (C=O) groups is 2. The maximum absolute atomic E-state index is 13.5. The third kappa shape index (κ3) is 5.55. The average molecular weight is 450 g/mol. The Bertz CT molecular complexity index is 933. The van der Waals surface area contributed by atoms with Crippen molar-refractivity contribution >= 4 is 11.8 Å². The van der Waals surface area contributed by atoms with E-state index in [1.54, 1.807) is 12.3 Å².